The quantitative estimate of drug-likeness (QED) is 0.662. The van der Waals surface area contributed by atoms with Gasteiger partial charge in [-0.15, -0.1) is 0 Å². The maximum absolute atomic E-state index is 12.4. The molecule has 31 heavy (non-hydrogen) atoms. The Kier molecular flexibility index (Phi) is 5.19. The Hall–Kier alpha value is -3.55. The van der Waals surface area contributed by atoms with Gasteiger partial charge in [-0.3, -0.25) is 9.89 Å². The number of hydrogen-bond acceptors (Lipinski definition) is 5. The first-order chi connectivity index (χ1) is 15.2. The number of aromatic amines is 1. The molecule has 1 saturated heterocycles. The Morgan fingerprint density at radius 1 is 1.06 bits per heavy atom. The normalized spacial score (nSPS) is 16.4. The van der Waals surface area contributed by atoms with Gasteiger partial charge in [0.25, 0.3) is 0 Å². The summed E-state index contributed by atoms with van der Waals surface area (Å²) >= 11 is 0. The molecular weight excluding hydrogens is 394 g/mol. The van der Waals surface area contributed by atoms with Crippen LogP contribution in [0.3, 0.4) is 0 Å². The molecule has 2 aromatic carbocycles. The van der Waals surface area contributed by atoms with Gasteiger partial charge in [0.1, 0.15) is 6.61 Å². The summed E-state index contributed by atoms with van der Waals surface area (Å²) in [5.41, 5.74) is 2.93. The van der Waals surface area contributed by atoms with Crippen molar-refractivity contribution in [2.45, 2.75) is 19.4 Å². The number of H-pyrrole nitrogens is 1. The minimum Gasteiger partial charge on any atom is -0.445 e. The zero-order chi connectivity index (χ0) is 21.2. The standard InChI is InChI=1S/C23H25N5O3/c29-22(17-6-7-17)24-21-19-9-8-18(14-20(19)25-26-21)27-10-12-28(13-11-27)23(30)31-15-16-4-2-1-3-5-16/h1-5,8-9,14,17H,6-7,10-13,15H2,(H2,24,25,26,29). The fourth-order valence-electron chi connectivity index (χ4n) is 3.82. The van der Waals surface area contributed by atoms with Crippen molar-refractivity contribution in [3.05, 3.63) is 54.1 Å². The van der Waals surface area contributed by atoms with E-state index in [0.717, 1.165) is 48.1 Å². The summed E-state index contributed by atoms with van der Waals surface area (Å²) in [7, 11) is 0. The lowest BCUT2D eigenvalue weighted by Gasteiger charge is -2.35. The highest BCUT2D eigenvalue weighted by Crippen LogP contribution is 2.32. The number of hydrogen-bond donors (Lipinski definition) is 2. The Labute approximate surface area is 180 Å². The van der Waals surface area contributed by atoms with Gasteiger partial charge in [0, 0.05) is 43.2 Å². The van der Waals surface area contributed by atoms with E-state index in [0.29, 0.717) is 18.9 Å². The molecule has 0 atom stereocenters. The number of ether oxygens (including phenoxy) is 1. The van der Waals surface area contributed by atoms with Gasteiger partial charge in [-0.05, 0) is 36.6 Å². The topological polar surface area (TPSA) is 90.6 Å². The highest BCUT2D eigenvalue weighted by molar-refractivity contribution is 6.01. The van der Waals surface area contributed by atoms with E-state index >= 15 is 0 Å². The van der Waals surface area contributed by atoms with E-state index in [4.69, 9.17) is 4.74 Å². The van der Waals surface area contributed by atoms with Crippen molar-refractivity contribution in [3.63, 3.8) is 0 Å². The zero-order valence-electron chi connectivity index (χ0n) is 17.2. The first-order valence-corrected chi connectivity index (χ1v) is 10.7. The van der Waals surface area contributed by atoms with Crippen LogP contribution in [0, 0.1) is 5.92 Å². The molecule has 0 unspecified atom stereocenters. The molecule has 2 N–H and O–H groups in total. The van der Waals surface area contributed by atoms with E-state index in [-0.39, 0.29) is 24.5 Å². The van der Waals surface area contributed by atoms with Gasteiger partial charge in [-0.25, -0.2) is 4.79 Å². The van der Waals surface area contributed by atoms with Crippen LogP contribution in [0.4, 0.5) is 16.3 Å². The number of piperazine rings is 1. The lowest BCUT2D eigenvalue weighted by Crippen LogP contribution is -2.48. The average Bonchev–Trinajstić information content (AvgIpc) is 3.60. The Bertz CT molecular complexity index is 1090. The van der Waals surface area contributed by atoms with Gasteiger partial charge < -0.3 is 19.9 Å². The summed E-state index contributed by atoms with van der Waals surface area (Å²) in [5, 5.41) is 11.1. The molecule has 2 heterocycles. The van der Waals surface area contributed by atoms with Crippen molar-refractivity contribution in [1.82, 2.24) is 15.1 Å². The second kappa shape index (κ2) is 8.29. The molecule has 0 bridgehead atoms. The maximum Gasteiger partial charge on any atom is 0.410 e. The highest BCUT2D eigenvalue weighted by Gasteiger charge is 2.30. The number of carbonyl (C=O) groups excluding carboxylic acids is 2. The van der Waals surface area contributed by atoms with Crippen LogP contribution >= 0.6 is 0 Å². The predicted molar refractivity (Wildman–Crippen MR) is 118 cm³/mol. The van der Waals surface area contributed by atoms with E-state index in [2.05, 4.69) is 20.4 Å². The molecule has 0 spiro atoms. The first-order valence-electron chi connectivity index (χ1n) is 10.7. The number of nitrogens with one attached hydrogen (secondary N) is 2. The summed E-state index contributed by atoms with van der Waals surface area (Å²) in [5.74, 6) is 0.777. The van der Waals surface area contributed by atoms with Crippen LogP contribution in [-0.2, 0) is 16.1 Å². The monoisotopic (exact) mass is 419 g/mol. The van der Waals surface area contributed by atoms with Crippen LogP contribution in [0.2, 0.25) is 0 Å². The molecular formula is C23H25N5O3. The number of rotatable bonds is 5. The molecule has 160 valence electrons. The SMILES string of the molecule is O=C(Nc1n[nH]c2cc(N3CCN(C(=O)OCc4ccccc4)CC3)ccc12)C1CC1. The second-order valence-corrected chi connectivity index (χ2v) is 8.08. The summed E-state index contributed by atoms with van der Waals surface area (Å²) in [6.45, 7) is 2.96. The van der Waals surface area contributed by atoms with Gasteiger partial charge in [0.2, 0.25) is 5.91 Å². The maximum atomic E-state index is 12.4. The Balaban J connectivity index is 1.17. The molecule has 5 rings (SSSR count). The number of amides is 2. The Morgan fingerprint density at radius 3 is 2.58 bits per heavy atom. The summed E-state index contributed by atoms with van der Waals surface area (Å²) in [4.78, 5) is 28.4. The van der Waals surface area contributed by atoms with Crippen LogP contribution in [0.25, 0.3) is 10.9 Å². The van der Waals surface area contributed by atoms with Gasteiger partial charge >= 0.3 is 6.09 Å². The largest absolute Gasteiger partial charge is 0.445 e. The summed E-state index contributed by atoms with van der Waals surface area (Å²) < 4.78 is 5.44. The molecule has 2 amide bonds. The molecule has 1 aliphatic heterocycles. The second-order valence-electron chi connectivity index (χ2n) is 8.08. The zero-order valence-corrected chi connectivity index (χ0v) is 17.2. The minimum absolute atomic E-state index is 0.0488. The van der Waals surface area contributed by atoms with E-state index in [1.165, 1.54) is 0 Å². The highest BCUT2D eigenvalue weighted by atomic mass is 16.6. The number of fused-ring (bicyclic) bond motifs is 1. The van der Waals surface area contributed by atoms with Crippen LogP contribution in [0.1, 0.15) is 18.4 Å². The van der Waals surface area contributed by atoms with Crippen LogP contribution in [0.15, 0.2) is 48.5 Å². The van der Waals surface area contributed by atoms with Crippen LogP contribution < -0.4 is 10.2 Å². The molecule has 3 aromatic rings. The van der Waals surface area contributed by atoms with E-state index in [1.807, 2.05) is 48.5 Å². The van der Waals surface area contributed by atoms with Gasteiger partial charge in [-0.1, -0.05) is 30.3 Å². The number of nitrogens with zero attached hydrogens (tertiary/aromatic N) is 3. The smallest absolute Gasteiger partial charge is 0.410 e. The molecule has 1 aliphatic carbocycles. The predicted octanol–water partition coefficient (Wildman–Crippen LogP) is 3.37. The lowest BCUT2D eigenvalue weighted by atomic mass is 10.2. The number of benzene rings is 2. The average molecular weight is 419 g/mol. The third-order valence-corrected chi connectivity index (χ3v) is 5.84. The fourth-order valence-corrected chi connectivity index (χ4v) is 3.82. The molecule has 1 aromatic heterocycles. The van der Waals surface area contributed by atoms with Gasteiger partial charge in [-0.2, -0.15) is 5.10 Å². The molecule has 2 fully saturated rings. The van der Waals surface area contributed by atoms with E-state index < -0.39 is 0 Å². The van der Waals surface area contributed by atoms with Crippen molar-refractivity contribution in [2.75, 3.05) is 36.4 Å². The summed E-state index contributed by atoms with van der Waals surface area (Å²) in [6.07, 6.45) is 1.65. The van der Waals surface area contributed by atoms with E-state index in [9.17, 15) is 9.59 Å². The van der Waals surface area contributed by atoms with E-state index in [1.54, 1.807) is 4.90 Å². The lowest BCUT2D eigenvalue weighted by molar-refractivity contribution is -0.117. The van der Waals surface area contributed by atoms with Gasteiger partial charge in [0.05, 0.1) is 5.52 Å². The Morgan fingerprint density at radius 2 is 1.84 bits per heavy atom. The molecule has 2 aliphatic rings. The van der Waals surface area contributed by atoms with Crippen LogP contribution in [-0.4, -0.2) is 53.3 Å². The van der Waals surface area contributed by atoms with Gasteiger partial charge in [0.15, 0.2) is 5.82 Å². The van der Waals surface area contributed by atoms with Crippen molar-refractivity contribution < 1.29 is 14.3 Å². The van der Waals surface area contributed by atoms with Crippen molar-refractivity contribution in [2.24, 2.45) is 5.92 Å². The number of carbonyl (C=O) groups is 2. The van der Waals surface area contributed by atoms with Crippen molar-refractivity contribution in [1.29, 1.82) is 0 Å². The molecule has 1 saturated carbocycles. The number of aromatic nitrogens is 2. The van der Waals surface area contributed by atoms with Crippen LogP contribution in [0.5, 0.6) is 0 Å². The first kappa shape index (κ1) is 19.4. The fraction of sp³-hybridized carbons (Fsp3) is 0.348. The third kappa shape index (κ3) is 4.33. The number of anilines is 2. The third-order valence-electron chi connectivity index (χ3n) is 5.84. The molecule has 8 heteroatoms. The molecule has 8 nitrogen and oxygen atoms in total. The van der Waals surface area contributed by atoms with Crippen molar-refractivity contribution >= 4 is 34.4 Å². The summed E-state index contributed by atoms with van der Waals surface area (Å²) in [6, 6.07) is 15.8. The molecule has 0 radical (unpaired) electrons. The minimum atomic E-state index is -0.274. The van der Waals surface area contributed by atoms with Crippen molar-refractivity contribution in [3.8, 4) is 0 Å².